The molecular weight excluding hydrogens is 442 g/mol. The van der Waals surface area contributed by atoms with E-state index in [4.69, 9.17) is 9.47 Å². The third-order valence-electron chi connectivity index (χ3n) is 6.18. The lowest BCUT2D eigenvalue weighted by Crippen LogP contribution is -2.52. The fourth-order valence-electron chi connectivity index (χ4n) is 4.21. The number of hydrogen-bond acceptors (Lipinski definition) is 6. The average molecular weight is 476 g/mol. The van der Waals surface area contributed by atoms with E-state index < -0.39 is 0 Å². The van der Waals surface area contributed by atoms with Crippen LogP contribution in [-0.4, -0.2) is 80.0 Å². The Morgan fingerprint density at radius 2 is 1.89 bits per heavy atom. The first-order valence-electron chi connectivity index (χ1n) is 12.0. The molecule has 1 amide bonds. The van der Waals surface area contributed by atoms with Crippen LogP contribution >= 0.6 is 0 Å². The highest BCUT2D eigenvalue weighted by Crippen LogP contribution is 2.25. The van der Waals surface area contributed by atoms with Crippen molar-refractivity contribution >= 4 is 23.5 Å². The molecule has 35 heavy (non-hydrogen) atoms. The summed E-state index contributed by atoms with van der Waals surface area (Å²) < 4.78 is 11.8. The largest absolute Gasteiger partial charge is 0.487 e. The molecule has 0 atom stereocenters. The first-order chi connectivity index (χ1) is 17.1. The van der Waals surface area contributed by atoms with Crippen LogP contribution in [0.1, 0.15) is 23.7 Å². The minimum absolute atomic E-state index is 0.0443. The van der Waals surface area contributed by atoms with Gasteiger partial charge in [0.1, 0.15) is 11.9 Å². The molecular formula is C27H33N5O3. The van der Waals surface area contributed by atoms with Crippen molar-refractivity contribution in [3.8, 4) is 0 Å². The molecule has 0 bridgehead atoms. The standard InChI is InChI=1S/C27H33N5O3/c1-5-8-22(7-3)34-23-18-32(19-23)21-12-10-20(11-13-21)26(33)30-14-16-31(17-15-30)27-29-25(28-4)24(35-27)9-6-2/h5,7-13,23H,1,3,6,14-19H2,2,4H3/b22-8+,24-9+,28-25?. The number of ether oxygens (including phenoxy) is 2. The second kappa shape index (κ2) is 11.1. The zero-order valence-corrected chi connectivity index (χ0v) is 20.5. The zero-order chi connectivity index (χ0) is 24.8. The number of aliphatic imine (C=N–C) groups is 2. The maximum atomic E-state index is 13.1. The third kappa shape index (κ3) is 5.48. The van der Waals surface area contributed by atoms with Crippen LogP contribution in [0.5, 0.6) is 0 Å². The van der Waals surface area contributed by atoms with Gasteiger partial charge in [0.15, 0.2) is 11.6 Å². The number of anilines is 1. The number of carbonyl (C=O) groups is 1. The Balaban J connectivity index is 1.27. The molecule has 0 saturated carbocycles. The first kappa shape index (κ1) is 24.3. The van der Waals surface area contributed by atoms with Crippen molar-refractivity contribution in [3.05, 3.63) is 78.8 Å². The second-order valence-corrected chi connectivity index (χ2v) is 8.50. The summed E-state index contributed by atoms with van der Waals surface area (Å²) in [7, 11) is 1.71. The Morgan fingerprint density at radius 1 is 1.17 bits per heavy atom. The molecule has 0 aromatic heterocycles. The number of amides is 1. The third-order valence-corrected chi connectivity index (χ3v) is 6.18. The van der Waals surface area contributed by atoms with E-state index in [0.29, 0.717) is 49.4 Å². The normalized spacial score (nSPS) is 21.0. The lowest BCUT2D eigenvalue weighted by molar-refractivity contribution is 0.0679. The Bertz CT molecular complexity index is 1070. The van der Waals surface area contributed by atoms with E-state index in [1.54, 1.807) is 19.2 Å². The van der Waals surface area contributed by atoms with Gasteiger partial charge in [-0.2, -0.15) is 4.99 Å². The number of rotatable bonds is 7. The fraction of sp³-hybridized carbons (Fsp3) is 0.370. The van der Waals surface area contributed by atoms with Crippen LogP contribution in [0, 0.1) is 0 Å². The topological polar surface area (TPSA) is 70.0 Å². The van der Waals surface area contributed by atoms with Crippen LogP contribution in [0.3, 0.4) is 0 Å². The van der Waals surface area contributed by atoms with Crippen LogP contribution in [-0.2, 0) is 9.47 Å². The molecule has 184 valence electrons. The molecule has 8 nitrogen and oxygen atoms in total. The lowest BCUT2D eigenvalue weighted by Gasteiger charge is -2.41. The van der Waals surface area contributed by atoms with Crippen molar-refractivity contribution < 1.29 is 14.3 Å². The summed E-state index contributed by atoms with van der Waals surface area (Å²) >= 11 is 0. The Labute approximate surface area is 207 Å². The van der Waals surface area contributed by atoms with Crippen molar-refractivity contribution in [1.29, 1.82) is 0 Å². The first-order valence-corrected chi connectivity index (χ1v) is 12.0. The van der Waals surface area contributed by atoms with Crippen molar-refractivity contribution in [3.63, 3.8) is 0 Å². The number of benzene rings is 1. The SMILES string of the molecule is C=C/C=C(\C=C)OC1CN(c2ccc(C(=O)N3CCN(C4=NC(=NC)/C(=C\CC)O4)CC3)cc2)C1. The van der Waals surface area contributed by atoms with Gasteiger partial charge in [-0.05, 0) is 48.9 Å². The number of allylic oxidation sites excluding steroid dienone is 4. The molecule has 8 heteroatoms. The molecule has 3 aliphatic heterocycles. The van der Waals surface area contributed by atoms with Crippen molar-refractivity contribution in [2.24, 2.45) is 9.98 Å². The van der Waals surface area contributed by atoms with E-state index in [2.05, 4.69) is 39.9 Å². The Morgan fingerprint density at radius 3 is 2.49 bits per heavy atom. The maximum Gasteiger partial charge on any atom is 0.300 e. The quantitative estimate of drug-likeness (QED) is 0.445. The van der Waals surface area contributed by atoms with Crippen molar-refractivity contribution in [1.82, 2.24) is 9.80 Å². The molecule has 2 saturated heterocycles. The number of nitrogens with zero attached hydrogens (tertiary/aromatic N) is 5. The number of piperazine rings is 1. The minimum Gasteiger partial charge on any atom is -0.487 e. The zero-order valence-electron chi connectivity index (χ0n) is 20.5. The summed E-state index contributed by atoms with van der Waals surface area (Å²) in [5.74, 6) is 2.10. The van der Waals surface area contributed by atoms with Crippen LogP contribution in [0.15, 0.2) is 83.2 Å². The van der Waals surface area contributed by atoms with Crippen LogP contribution in [0.2, 0.25) is 0 Å². The van der Waals surface area contributed by atoms with E-state index >= 15 is 0 Å². The Hall–Kier alpha value is -3.81. The van der Waals surface area contributed by atoms with E-state index in [1.165, 1.54) is 0 Å². The van der Waals surface area contributed by atoms with Gasteiger partial charge in [-0.3, -0.25) is 9.79 Å². The maximum absolute atomic E-state index is 13.1. The highest BCUT2D eigenvalue weighted by Gasteiger charge is 2.31. The molecule has 0 unspecified atom stereocenters. The Kier molecular flexibility index (Phi) is 7.70. The highest BCUT2D eigenvalue weighted by atomic mass is 16.5. The molecule has 1 aromatic rings. The van der Waals surface area contributed by atoms with Crippen LogP contribution < -0.4 is 4.90 Å². The molecule has 0 aliphatic carbocycles. The van der Waals surface area contributed by atoms with Gasteiger partial charge in [0, 0.05) is 44.5 Å². The van der Waals surface area contributed by atoms with Gasteiger partial charge in [-0.15, -0.1) is 0 Å². The number of hydrogen-bond donors (Lipinski definition) is 0. The van der Waals surface area contributed by atoms with Gasteiger partial charge < -0.3 is 24.2 Å². The van der Waals surface area contributed by atoms with Gasteiger partial charge >= 0.3 is 0 Å². The molecule has 0 N–H and O–H groups in total. The van der Waals surface area contributed by atoms with Crippen molar-refractivity contribution in [2.45, 2.75) is 19.4 Å². The molecule has 3 heterocycles. The molecule has 0 radical (unpaired) electrons. The van der Waals surface area contributed by atoms with Gasteiger partial charge in [-0.1, -0.05) is 26.2 Å². The van der Waals surface area contributed by atoms with Gasteiger partial charge in [0.2, 0.25) is 0 Å². The number of amidine groups is 2. The summed E-state index contributed by atoms with van der Waals surface area (Å²) in [6.07, 6.45) is 8.15. The summed E-state index contributed by atoms with van der Waals surface area (Å²) in [4.78, 5) is 27.9. The van der Waals surface area contributed by atoms with Gasteiger partial charge in [0.05, 0.1) is 13.1 Å². The molecule has 1 aromatic carbocycles. The monoisotopic (exact) mass is 475 g/mol. The van der Waals surface area contributed by atoms with E-state index in [0.717, 1.165) is 31.0 Å². The average Bonchev–Trinajstić information content (AvgIpc) is 3.28. The van der Waals surface area contributed by atoms with Gasteiger partial charge in [-0.25, -0.2) is 0 Å². The minimum atomic E-state index is 0.0443. The molecule has 4 rings (SSSR count). The smallest absolute Gasteiger partial charge is 0.300 e. The summed E-state index contributed by atoms with van der Waals surface area (Å²) in [6.45, 7) is 13.7. The molecule has 0 spiro atoms. The predicted octanol–water partition coefficient (Wildman–Crippen LogP) is 3.61. The van der Waals surface area contributed by atoms with Crippen LogP contribution in [0.4, 0.5) is 5.69 Å². The summed E-state index contributed by atoms with van der Waals surface area (Å²) in [5.41, 5.74) is 1.78. The van der Waals surface area contributed by atoms with Crippen molar-refractivity contribution in [2.75, 3.05) is 51.2 Å². The van der Waals surface area contributed by atoms with E-state index in [9.17, 15) is 4.79 Å². The summed E-state index contributed by atoms with van der Waals surface area (Å²) in [6, 6.07) is 8.38. The number of carbonyl (C=O) groups excluding carboxylic acids is 1. The predicted molar refractivity (Wildman–Crippen MR) is 140 cm³/mol. The van der Waals surface area contributed by atoms with Crippen LogP contribution in [0.25, 0.3) is 0 Å². The molecule has 3 aliphatic rings. The van der Waals surface area contributed by atoms with E-state index in [1.807, 2.05) is 41.3 Å². The molecule has 2 fully saturated rings. The highest BCUT2D eigenvalue weighted by molar-refractivity contribution is 6.09. The lowest BCUT2D eigenvalue weighted by atomic mass is 10.1. The van der Waals surface area contributed by atoms with Gasteiger partial charge in [0.25, 0.3) is 11.9 Å². The summed E-state index contributed by atoms with van der Waals surface area (Å²) in [5, 5.41) is 0. The fourth-order valence-corrected chi connectivity index (χ4v) is 4.21. The second-order valence-electron chi connectivity index (χ2n) is 8.50. The van der Waals surface area contributed by atoms with E-state index in [-0.39, 0.29) is 12.0 Å².